The van der Waals surface area contributed by atoms with E-state index in [1.54, 1.807) is 0 Å². The lowest BCUT2D eigenvalue weighted by molar-refractivity contribution is -0.385. The average Bonchev–Trinajstić information content (AvgIpc) is 2.80. The largest absolute Gasteiger partial charge is 0.378 e. The Morgan fingerprint density at radius 2 is 1.91 bits per heavy atom. The van der Waals surface area contributed by atoms with Gasteiger partial charge in [0.2, 0.25) is 5.91 Å². The van der Waals surface area contributed by atoms with Gasteiger partial charge >= 0.3 is 0 Å². The average molecular weight is 319 g/mol. The topological polar surface area (TPSA) is 110 Å². The molecule has 9 nitrogen and oxygen atoms in total. The van der Waals surface area contributed by atoms with Crippen LogP contribution in [0.15, 0.2) is 18.2 Å². The van der Waals surface area contributed by atoms with Crippen molar-refractivity contribution in [3.05, 3.63) is 39.4 Å². The molecule has 23 heavy (non-hydrogen) atoms. The number of carbonyl (C=O) groups is 3. The highest BCUT2D eigenvalue weighted by molar-refractivity contribution is 6.24. The number of hydrogen-bond donors (Lipinski definition) is 0. The summed E-state index contributed by atoms with van der Waals surface area (Å²) in [4.78, 5) is 49.4. The maximum atomic E-state index is 12.4. The maximum absolute atomic E-state index is 12.4. The van der Waals surface area contributed by atoms with E-state index in [2.05, 4.69) is 0 Å². The molecule has 1 fully saturated rings. The molecular formula is C14H13N3O6. The van der Waals surface area contributed by atoms with Crippen LogP contribution in [0.2, 0.25) is 0 Å². The molecule has 2 aliphatic rings. The molecule has 0 radical (unpaired) electrons. The zero-order chi connectivity index (χ0) is 16.6. The van der Waals surface area contributed by atoms with E-state index in [0.29, 0.717) is 26.3 Å². The fraction of sp³-hybridized carbons (Fsp3) is 0.357. The van der Waals surface area contributed by atoms with E-state index in [4.69, 9.17) is 4.74 Å². The first-order valence-corrected chi connectivity index (χ1v) is 7.00. The van der Waals surface area contributed by atoms with Gasteiger partial charge in [0.1, 0.15) is 12.1 Å². The number of rotatable bonds is 3. The van der Waals surface area contributed by atoms with E-state index in [-0.39, 0.29) is 17.0 Å². The van der Waals surface area contributed by atoms with E-state index < -0.39 is 29.0 Å². The number of benzene rings is 1. The summed E-state index contributed by atoms with van der Waals surface area (Å²) in [6, 6.07) is 3.86. The number of nitro benzene ring substituents is 1. The minimum absolute atomic E-state index is 0.0426. The molecule has 2 aliphatic heterocycles. The van der Waals surface area contributed by atoms with Crippen LogP contribution in [-0.4, -0.2) is 65.3 Å². The lowest BCUT2D eigenvalue weighted by Crippen LogP contribution is -2.47. The second kappa shape index (κ2) is 5.76. The molecule has 0 aliphatic carbocycles. The third-order valence-corrected chi connectivity index (χ3v) is 3.83. The molecule has 2 heterocycles. The van der Waals surface area contributed by atoms with Crippen molar-refractivity contribution in [3.8, 4) is 0 Å². The van der Waals surface area contributed by atoms with E-state index in [0.717, 1.165) is 11.0 Å². The van der Waals surface area contributed by atoms with Crippen molar-refractivity contribution in [2.24, 2.45) is 0 Å². The van der Waals surface area contributed by atoms with Gasteiger partial charge < -0.3 is 9.64 Å². The minimum Gasteiger partial charge on any atom is -0.378 e. The van der Waals surface area contributed by atoms with Crippen molar-refractivity contribution in [3.63, 3.8) is 0 Å². The number of nitro groups is 1. The van der Waals surface area contributed by atoms with Crippen LogP contribution in [0.3, 0.4) is 0 Å². The molecule has 1 aromatic rings. The fourth-order valence-electron chi connectivity index (χ4n) is 2.66. The normalized spacial score (nSPS) is 17.4. The number of fused-ring (bicyclic) bond motifs is 1. The third-order valence-electron chi connectivity index (χ3n) is 3.83. The van der Waals surface area contributed by atoms with Crippen molar-refractivity contribution in [2.45, 2.75) is 0 Å². The van der Waals surface area contributed by atoms with E-state index in [9.17, 15) is 24.5 Å². The highest BCUT2D eigenvalue weighted by atomic mass is 16.6. The summed E-state index contributed by atoms with van der Waals surface area (Å²) < 4.78 is 5.14. The van der Waals surface area contributed by atoms with Crippen molar-refractivity contribution in [1.29, 1.82) is 0 Å². The lowest BCUT2D eigenvalue weighted by atomic mass is 10.1. The quantitative estimate of drug-likeness (QED) is 0.442. The van der Waals surface area contributed by atoms with Crippen LogP contribution in [0.4, 0.5) is 5.69 Å². The first kappa shape index (κ1) is 15.1. The number of ether oxygens (including phenoxy) is 1. The van der Waals surface area contributed by atoms with Gasteiger partial charge in [-0.05, 0) is 6.07 Å². The van der Waals surface area contributed by atoms with Crippen LogP contribution in [0.5, 0.6) is 0 Å². The van der Waals surface area contributed by atoms with Crippen molar-refractivity contribution >= 4 is 23.4 Å². The monoisotopic (exact) mass is 319 g/mol. The fourth-order valence-corrected chi connectivity index (χ4v) is 2.66. The Morgan fingerprint density at radius 3 is 2.57 bits per heavy atom. The summed E-state index contributed by atoms with van der Waals surface area (Å²) in [5.74, 6) is -1.88. The number of carbonyl (C=O) groups excluding carboxylic acids is 3. The molecule has 1 aromatic carbocycles. The standard InChI is InChI=1S/C14H13N3O6/c18-11(15-4-6-23-7-5-15)8-16-13(19)9-2-1-3-10(17(21)22)12(9)14(16)20/h1-3H,4-8H2. The number of hydrogen-bond acceptors (Lipinski definition) is 6. The molecule has 0 aromatic heterocycles. The second-order valence-corrected chi connectivity index (χ2v) is 5.15. The number of imide groups is 1. The Morgan fingerprint density at radius 1 is 1.22 bits per heavy atom. The predicted octanol–water partition coefficient (Wildman–Crippen LogP) is 0.0496. The summed E-state index contributed by atoms with van der Waals surface area (Å²) >= 11 is 0. The number of morpholine rings is 1. The van der Waals surface area contributed by atoms with Crippen molar-refractivity contribution < 1.29 is 24.0 Å². The number of nitrogens with zero attached hydrogens (tertiary/aromatic N) is 3. The zero-order valence-corrected chi connectivity index (χ0v) is 12.1. The number of amides is 3. The molecule has 0 bridgehead atoms. The Bertz CT molecular complexity index is 710. The van der Waals surface area contributed by atoms with Crippen LogP contribution in [0.25, 0.3) is 0 Å². The van der Waals surface area contributed by atoms with Crippen molar-refractivity contribution in [1.82, 2.24) is 9.80 Å². The minimum atomic E-state index is -0.807. The lowest BCUT2D eigenvalue weighted by Gasteiger charge is -2.28. The van der Waals surface area contributed by atoms with E-state index >= 15 is 0 Å². The molecular weight excluding hydrogens is 306 g/mol. The maximum Gasteiger partial charge on any atom is 0.282 e. The Hall–Kier alpha value is -2.81. The molecule has 0 saturated carbocycles. The van der Waals surface area contributed by atoms with Crippen LogP contribution < -0.4 is 0 Å². The summed E-state index contributed by atoms with van der Waals surface area (Å²) in [5, 5.41) is 11.0. The molecule has 9 heteroatoms. The summed E-state index contributed by atoms with van der Waals surface area (Å²) in [6.07, 6.45) is 0. The Balaban J connectivity index is 1.84. The molecule has 3 rings (SSSR count). The Labute approximate surface area is 130 Å². The highest BCUT2D eigenvalue weighted by Gasteiger charge is 2.42. The zero-order valence-electron chi connectivity index (χ0n) is 12.1. The van der Waals surface area contributed by atoms with Crippen LogP contribution >= 0.6 is 0 Å². The SMILES string of the molecule is O=C(CN1C(=O)c2cccc([N+](=O)[O-])c2C1=O)N1CCOCC1. The summed E-state index contributed by atoms with van der Waals surface area (Å²) in [6.45, 7) is 1.16. The molecule has 0 atom stereocenters. The first-order chi connectivity index (χ1) is 11.0. The third kappa shape index (κ3) is 2.55. The van der Waals surface area contributed by atoms with Gasteiger partial charge in [-0.25, -0.2) is 0 Å². The van der Waals surface area contributed by atoms with Crippen LogP contribution in [0, 0.1) is 10.1 Å². The molecule has 0 N–H and O–H groups in total. The molecule has 0 unspecified atom stereocenters. The van der Waals surface area contributed by atoms with Gasteiger partial charge in [0.25, 0.3) is 17.5 Å². The first-order valence-electron chi connectivity index (χ1n) is 7.00. The molecule has 120 valence electrons. The van der Waals surface area contributed by atoms with E-state index in [1.165, 1.54) is 17.0 Å². The second-order valence-electron chi connectivity index (χ2n) is 5.15. The van der Waals surface area contributed by atoms with Gasteiger partial charge in [0.05, 0.1) is 23.7 Å². The highest BCUT2D eigenvalue weighted by Crippen LogP contribution is 2.30. The van der Waals surface area contributed by atoms with Gasteiger partial charge in [-0.3, -0.25) is 29.4 Å². The summed E-state index contributed by atoms with van der Waals surface area (Å²) in [5.41, 5.74) is -0.724. The Kier molecular flexibility index (Phi) is 3.78. The summed E-state index contributed by atoms with van der Waals surface area (Å²) in [7, 11) is 0. The van der Waals surface area contributed by atoms with Gasteiger partial charge in [-0.1, -0.05) is 6.07 Å². The van der Waals surface area contributed by atoms with E-state index in [1.807, 2.05) is 0 Å². The molecule has 1 saturated heterocycles. The predicted molar refractivity (Wildman–Crippen MR) is 75.9 cm³/mol. The van der Waals surface area contributed by atoms with Gasteiger partial charge in [-0.15, -0.1) is 0 Å². The van der Waals surface area contributed by atoms with Gasteiger partial charge in [-0.2, -0.15) is 0 Å². The smallest absolute Gasteiger partial charge is 0.282 e. The van der Waals surface area contributed by atoms with Crippen LogP contribution in [-0.2, 0) is 9.53 Å². The van der Waals surface area contributed by atoms with Gasteiger partial charge in [0, 0.05) is 19.2 Å². The molecule has 0 spiro atoms. The van der Waals surface area contributed by atoms with Gasteiger partial charge in [0.15, 0.2) is 0 Å². The van der Waals surface area contributed by atoms with Crippen LogP contribution in [0.1, 0.15) is 20.7 Å². The van der Waals surface area contributed by atoms with Crippen molar-refractivity contribution in [2.75, 3.05) is 32.8 Å². The molecule has 3 amide bonds.